The molecule has 0 aliphatic carbocycles. The van der Waals surface area contributed by atoms with Crippen LogP contribution in [0.15, 0.2) is 53.9 Å². The monoisotopic (exact) mass is 242 g/mol. The van der Waals surface area contributed by atoms with Crippen molar-refractivity contribution in [3.05, 3.63) is 54.4 Å². The maximum Gasteiger partial charge on any atom is 0.253 e. The van der Waals surface area contributed by atoms with E-state index in [4.69, 9.17) is 0 Å². The molecule has 0 saturated heterocycles. The smallest absolute Gasteiger partial charge is 0.220 e. The minimum absolute atomic E-state index is 0.642. The van der Waals surface area contributed by atoms with E-state index in [9.17, 15) is 0 Å². The molecule has 0 radical (unpaired) electrons. The van der Waals surface area contributed by atoms with Gasteiger partial charge in [-0.15, -0.1) is 5.10 Å². The Labute approximate surface area is 103 Å². The molecule has 0 amide bonds. The first-order valence-corrected chi connectivity index (χ1v) is 6.24. The highest BCUT2D eigenvalue weighted by molar-refractivity contribution is 7.98. The van der Waals surface area contributed by atoms with Gasteiger partial charge in [-0.05, 0) is 11.6 Å². The molecule has 0 fully saturated rings. The van der Waals surface area contributed by atoms with Gasteiger partial charge in [0.1, 0.15) is 0 Å². The molecule has 2 heterocycles. The first-order chi connectivity index (χ1) is 8.42. The van der Waals surface area contributed by atoms with Crippen LogP contribution in [0.4, 0.5) is 0 Å². The van der Waals surface area contributed by atoms with Crippen LogP contribution in [-0.4, -0.2) is 19.6 Å². The molecule has 0 atom stereocenters. The van der Waals surface area contributed by atoms with E-state index >= 15 is 0 Å². The van der Waals surface area contributed by atoms with Gasteiger partial charge in [0.2, 0.25) is 5.16 Å². The zero-order valence-corrected chi connectivity index (χ0v) is 9.84. The summed E-state index contributed by atoms with van der Waals surface area (Å²) in [6.07, 6.45) is 3.57. The molecular weight excluding hydrogens is 232 g/mol. The average molecular weight is 242 g/mol. The van der Waals surface area contributed by atoms with E-state index in [1.54, 1.807) is 22.5 Å². The second-order valence-corrected chi connectivity index (χ2v) is 4.48. The van der Waals surface area contributed by atoms with Crippen LogP contribution < -0.4 is 0 Å². The number of hydrogen-bond donors (Lipinski definition) is 0. The van der Waals surface area contributed by atoms with Crippen molar-refractivity contribution < 1.29 is 0 Å². The summed E-state index contributed by atoms with van der Waals surface area (Å²) in [5, 5.41) is 5.09. The van der Waals surface area contributed by atoms with Crippen molar-refractivity contribution in [2.24, 2.45) is 0 Å². The lowest BCUT2D eigenvalue weighted by atomic mass is 10.2. The zero-order valence-electron chi connectivity index (χ0n) is 9.02. The molecule has 17 heavy (non-hydrogen) atoms. The Hall–Kier alpha value is -1.88. The Morgan fingerprint density at radius 2 is 2.00 bits per heavy atom. The van der Waals surface area contributed by atoms with Crippen LogP contribution >= 0.6 is 11.8 Å². The summed E-state index contributed by atoms with van der Waals surface area (Å²) in [7, 11) is 0. The van der Waals surface area contributed by atoms with E-state index in [0.717, 1.165) is 10.9 Å². The van der Waals surface area contributed by atoms with E-state index in [0.29, 0.717) is 5.78 Å². The standard InChI is InChI=1S/C12H10N4S/c1-2-5-10(6-3-1)9-17-12-14-11-13-7-4-8-16(11)15-12/h1-8H,9H2. The van der Waals surface area contributed by atoms with Crippen molar-refractivity contribution >= 4 is 17.5 Å². The highest BCUT2D eigenvalue weighted by Gasteiger charge is 2.04. The van der Waals surface area contributed by atoms with Crippen LogP contribution in [0.2, 0.25) is 0 Å². The first-order valence-electron chi connectivity index (χ1n) is 5.26. The number of aromatic nitrogens is 4. The van der Waals surface area contributed by atoms with Crippen LogP contribution in [0.3, 0.4) is 0 Å². The molecule has 3 rings (SSSR count). The Balaban J connectivity index is 1.77. The highest BCUT2D eigenvalue weighted by Crippen LogP contribution is 2.19. The average Bonchev–Trinajstić information content (AvgIpc) is 2.80. The molecule has 0 aliphatic heterocycles. The van der Waals surface area contributed by atoms with Gasteiger partial charge in [0, 0.05) is 18.1 Å². The molecule has 5 heteroatoms. The van der Waals surface area contributed by atoms with Gasteiger partial charge in [-0.3, -0.25) is 0 Å². The molecule has 4 nitrogen and oxygen atoms in total. The molecule has 0 N–H and O–H groups in total. The van der Waals surface area contributed by atoms with Crippen molar-refractivity contribution in [2.45, 2.75) is 10.9 Å². The number of benzene rings is 1. The normalized spacial score (nSPS) is 10.8. The molecule has 84 valence electrons. The van der Waals surface area contributed by atoms with Crippen molar-refractivity contribution in [3.63, 3.8) is 0 Å². The predicted molar refractivity (Wildman–Crippen MR) is 66.8 cm³/mol. The second kappa shape index (κ2) is 4.55. The van der Waals surface area contributed by atoms with E-state index in [1.807, 2.05) is 30.5 Å². The summed E-state index contributed by atoms with van der Waals surface area (Å²) >= 11 is 1.62. The van der Waals surface area contributed by atoms with Gasteiger partial charge >= 0.3 is 0 Å². The maximum absolute atomic E-state index is 4.33. The van der Waals surface area contributed by atoms with Gasteiger partial charge in [-0.2, -0.15) is 4.98 Å². The summed E-state index contributed by atoms with van der Waals surface area (Å²) < 4.78 is 1.69. The summed E-state index contributed by atoms with van der Waals surface area (Å²) in [6.45, 7) is 0. The third-order valence-corrected chi connectivity index (χ3v) is 3.22. The molecule has 0 spiro atoms. The highest BCUT2D eigenvalue weighted by atomic mass is 32.2. The fourth-order valence-electron chi connectivity index (χ4n) is 1.50. The molecule has 2 aromatic heterocycles. The van der Waals surface area contributed by atoms with Gasteiger partial charge in [-0.1, -0.05) is 42.1 Å². The number of thioether (sulfide) groups is 1. The third-order valence-electron chi connectivity index (χ3n) is 2.31. The predicted octanol–water partition coefficient (Wildman–Crippen LogP) is 2.42. The summed E-state index contributed by atoms with van der Waals surface area (Å²) in [4.78, 5) is 8.46. The van der Waals surface area contributed by atoms with Gasteiger partial charge in [0.25, 0.3) is 5.78 Å². The Bertz CT molecular complexity index is 587. The van der Waals surface area contributed by atoms with Gasteiger partial charge in [0.05, 0.1) is 0 Å². The first kappa shape index (κ1) is 10.3. The van der Waals surface area contributed by atoms with Crippen molar-refractivity contribution in [1.29, 1.82) is 0 Å². The van der Waals surface area contributed by atoms with Gasteiger partial charge < -0.3 is 0 Å². The number of fused-ring (bicyclic) bond motifs is 1. The lowest BCUT2D eigenvalue weighted by Gasteiger charge is -1.96. The quantitative estimate of drug-likeness (QED) is 0.661. The molecule has 0 unspecified atom stereocenters. The van der Waals surface area contributed by atoms with Crippen LogP contribution in [0.5, 0.6) is 0 Å². The fraction of sp³-hybridized carbons (Fsp3) is 0.0833. The molecule has 3 aromatic rings. The zero-order chi connectivity index (χ0) is 11.5. The minimum Gasteiger partial charge on any atom is -0.220 e. The van der Waals surface area contributed by atoms with Crippen molar-refractivity contribution in [3.8, 4) is 0 Å². The maximum atomic E-state index is 4.33. The molecule has 0 bridgehead atoms. The van der Waals surface area contributed by atoms with E-state index in [-0.39, 0.29) is 0 Å². The van der Waals surface area contributed by atoms with Crippen molar-refractivity contribution in [1.82, 2.24) is 19.6 Å². The Morgan fingerprint density at radius 1 is 1.12 bits per heavy atom. The van der Waals surface area contributed by atoms with Gasteiger partial charge in [-0.25, -0.2) is 9.50 Å². The van der Waals surface area contributed by atoms with Crippen molar-refractivity contribution in [2.75, 3.05) is 0 Å². The lowest BCUT2D eigenvalue weighted by Crippen LogP contribution is -1.87. The SMILES string of the molecule is c1ccc(CSc2nc3ncccn3n2)cc1. The van der Waals surface area contributed by atoms with Crippen LogP contribution in [0, 0.1) is 0 Å². The molecule has 1 aromatic carbocycles. The number of rotatable bonds is 3. The van der Waals surface area contributed by atoms with Crippen LogP contribution in [0.25, 0.3) is 5.78 Å². The van der Waals surface area contributed by atoms with Gasteiger partial charge in [0.15, 0.2) is 0 Å². The Kier molecular flexibility index (Phi) is 2.75. The van der Waals surface area contributed by atoms with Crippen LogP contribution in [-0.2, 0) is 5.75 Å². The largest absolute Gasteiger partial charge is 0.253 e. The topological polar surface area (TPSA) is 43.1 Å². The summed E-state index contributed by atoms with van der Waals surface area (Å²) in [6, 6.07) is 12.1. The third kappa shape index (κ3) is 2.29. The second-order valence-electron chi connectivity index (χ2n) is 3.53. The number of nitrogens with zero attached hydrogens (tertiary/aromatic N) is 4. The lowest BCUT2D eigenvalue weighted by molar-refractivity contribution is 0.879. The Morgan fingerprint density at radius 3 is 2.82 bits per heavy atom. The van der Waals surface area contributed by atoms with E-state index in [2.05, 4.69) is 27.2 Å². The minimum atomic E-state index is 0.642. The fourth-order valence-corrected chi connectivity index (χ4v) is 2.28. The van der Waals surface area contributed by atoms with Crippen LogP contribution in [0.1, 0.15) is 5.56 Å². The molecular formula is C12H10N4S. The van der Waals surface area contributed by atoms with E-state index < -0.39 is 0 Å². The number of hydrogen-bond acceptors (Lipinski definition) is 4. The summed E-state index contributed by atoms with van der Waals surface area (Å²) in [5.74, 6) is 1.51. The molecule has 0 aliphatic rings. The van der Waals surface area contributed by atoms with E-state index in [1.165, 1.54) is 5.56 Å². The molecule has 0 saturated carbocycles. The summed E-state index contributed by atoms with van der Waals surface area (Å²) in [5.41, 5.74) is 1.27.